The van der Waals surface area contributed by atoms with E-state index in [1.54, 1.807) is 29.0 Å². The Kier molecular flexibility index (Phi) is 3.20. The number of aromatic nitrogens is 4. The number of nitrogens with one attached hydrogen (secondary N) is 1. The van der Waals surface area contributed by atoms with Gasteiger partial charge in [-0.25, -0.2) is 0 Å². The molecule has 110 valence electrons. The smallest absolute Gasteiger partial charge is 0.257 e. The summed E-state index contributed by atoms with van der Waals surface area (Å²) < 4.78 is 1.59. The van der Waals surface area contributed by atoms with Crippen LogP contribution in [0.25, 0.3) is 0 Å². The van der Waals surface area contributed by atoms with Crippen LogP contribution in [0, 0.1) is 0 Å². The van der Waals surface area contributed by atoms with Gasteiger partial charge in [-0.3, -0.25) is 19.4 Å². The first-order valence-corrected chi connectivity index (χ1v) is 6.70. The summed E-state index contributed by atoms with van der Waals surface area (Å²) in [5.41, 5.74) is 6.83. The first kappa shape index (κ1) is 13.3. The molecule has 0 bridgehead atoms. The van der Waals surface area contributed by atoms with Gasteiger partial charge in [0, 0.05) is 19.8 Å². The second kappa shape index (κ2) is 5.04. The van der Waals surface area contributed by atoms with Crippen LogP contribution in [0.4, 0.5) is 0 Å². The van der Waals surface area contributed by atoms with Gasteiger partial charge in [-0.15, -0.1) is 0 Å². The Morgan fingerprint density at radius 2 is 2.24 bits per heavy atom. The SMILES string of the molecule is Cn1cc(C(=O)N2CCCC2c2[nH]ncc2C(N)=O)cn1. The van der Waals surface area contributed by atoms with Crippen molar-refractivity contribution in [3.63, 3.8) is 0 Å². The number of likely N-dealkylation sites (tertiary alicyclic amines) is 1. The van der Waals surface area contributed by atoms with Gasteiger partial charge in [-0.2, -0.15) is 10.2 Å². The Balaban J connectivity index is 1.90. The third-order valence-electron chi connectivity index (χ3n) is 3.73. The molecule has 21 heavy (non-hydrogen) atoms. The first-order valence-electron chi connectivity index (χ1n) is 6.70. The monoisotopic (exact) mass is 288 g/mol. The second-order valence-electron chi connectivity index (χ2n) is 5.12. The van der Waals surface area contributed by atoms with Crippen LogP contribution in [0.15, 0.2) is 18.6 Å². The minimum absolute atomic E-state index is 0.101. The standard InChI is InChI=1S/C13H16N6O2/c1-18-7-8(5-16-18)13(21)19-4-2-3-10(19)11-9(12(14)20)6-15-17-11/h5-7,10H,2-4H2,1H3,(H2,14,20)(H,15,17). The fourth-order valence-corrected chi connectivity index (χ4v) is 2.75. The first-order chi connectivity index (χ1) is 10.1. The molecule has 2 aromatic heterocycles. The minimum Gasteiger partial charge on any atom is -0.365 e. The van der Waals surface area contributed by atoms with E-state index in [4.69, 9.17) is 5.73 Å². The lowest BCUT2D eigenvalue weighted by molar-refractivity contribution is 0.0730. The third-order valence-corrected chi connectivity index (χ3v) is 3.73. The molecule has 2 amide bonds. The lowest BCUT2D eigenvalue weighted by atomic mass is 10.1. The molecule has 3 N–H and O–H groups in total. The topological polar surface area (TPSA) is 110 Å². The van der Waals surface area contributed by atoms with Crippen molar-refractivity contribution in [2.24, 2.45) is 12.8 Å². The molecule has 0 aliphatic carbocycles. The van der Waals surface area contributed by atoms with Gasteiger partial charge in [0.15, 0.2) is 0 Å². The Morgan fingerprint density at radius 1 is 1.43 bits per heavy atom. The number of amides is 2. The van der Waals surface area contributed by atoms with Crippen molar-refractivity contribution < 1.29 is 9.59 Å². The van der Waals surface area contributed by atoms with Crippen LogP contribution >= 0.6 is 0 Å². The molecule has 2 aromatic rings. The quantitative estimate of drug-likeness (QED) is 0.841. The van der Waals surface area contributed by atoms with E-state index in [9.17, 15) is 9.59 Å². The molecule has 8 nitrogen and oxygen atoms in total. The van der Waals surface area contributed by atoms with Crippen molar-refractivity contribution in [1.29, 1.82) is 0 Å². The highest BCUT2D eigenvalue weighted by Gasteiger charge is 2.34. The predicted molar refractivity (Wildman–Crippen MR) is 73.3 cm³/mol. The summed E-state index contributed by atoms with van der Waals surface area (Å²) >= 11 is 0. The van der Waals surface area contributed by atoms with E-state index in [0.29, 0.717) is 23.4 Å². The molecule has 3 rings (SSSR count). The zero-order chi connectivity index (χ0) is 15.0. The lowest BCUT2D eigenvalue weighted by Gasteiger charge is -2.23. The van der Waals surface area contributed by atoms with Crippen molar-refractivity contribution in [3.05, 3.63) is 35.4 Å². The molecular formula is C13H16N6O2. The van der Waals surface area contributed by atoms with Crippen LogP contribution in [-0.4, -0.2) is 43.2 Å². The van der Waals surface area contributed by atoms with Gasteiger partial charge < -0.3 is 10.6 Å². The molecule has 8 heteroatoms. The number of nitrogens with two attached hydrogens (primary N) is 1. The lowest BCUT2D eigenvalue weighted by Crippen LogP contribution is -2.31. The number of aromatic amines is 1. The maximum Gasteiger partial charge on any atom is 0.257 e. The minimum atomic E-state index is -0.542. The van der Waals surface area contributed by atoms with E-state index in [1.165, 1.54) is 6.20 Å². The molecule has 1 unspecified atom stereocenters. The van der Waals surface area contributed by atoms with E-state index in [1.807, 2.05) is 0 Å². The van der Waals surface area contributed by atoms with Crippen molar-refractivity contribution in [1.82, 2.24) is 24.9 Å². The number of carbonyl (C=O) groups excluding carboxylic acids is 2. The highest BCUT2D eigenvalue weighted by atomic mass is 16.2. The Labute approximate surface area is 120 Å². The maximum absolute atomic E-state index is 12.6. The van der Waals surface area contributed by atoms with Crippen molar-refractivity contribution >= 4 is 11.8 Å². The van der Waals surface area contributed by atoms with E-state index in [-0.39, 0.29) is 11.9 Å². The molecule has 1 aliphatic heterocycles. The normalized spacial score (nSPS) is 18.1. The third kappa shape index (κ3) is 2.28. The van der Waals surface area contributed by atoms with Gasteiger partial charge in [0.25, 0.3) is 11.8 Å². The molecule has 1 saturated heterocycles. The molecule has 0 aromatic carbocycles. The molecule has 1 atom stereocenters. The largest absolute Gasteiger partial charge is 0.365 e. The Morgan fingerprint density at radius 3 is 2.90 bits per heavy atom. The summed E-state index contributed by atoms with van der Waals surface area (Å²) in [5.74, 6) is -0.643. The Bertz CT molecular complexity index is 688. The van der Waals surface area contributed by atoms with Crippen molar-refractivity contribution in [3.8, 4) is 0 Å². The summed E-state index contributed by atoms with van der Waals surface area (Å²) in [5, 5.41) is 10.7. The fraction of sp³-hybridized carbons (Fsp3) is 0.385. The highest BCUT2D eigenvalue weighted by Crippen LogP contribution is 2.33. The molecule has 3 heterocycles. The second-order valence-corrected chi connectivity index (χ2v) is 5.12. The number of hydrogen-bond acceptors (Lipinski definition) is 4. The van der Waals surface area contributed by atoms with Gasteiger partial charge >= 0.3 is 0 Å². The number of rotatable bonds is 3. The molecule has 0 saturated carbocycles. The van der Waals surface area contributed by atoms with Gasteiger partial charge in [0.05, 0.1) is 35.3 Å². The molecule has 1 fully saturated rings. The molecule has 0 radical (unpaired) electrons. The number of H-pyrrole nitrogens is 1. The average molecular weight is 288 g/mol. The highest BCUT2D eigenvalue weighted by molar-refractivity contribution is 5.96. The number of primary amides is 1. The summed E-state index contributed by atoms with van der Waals surface area (Å²) in [7, 11) is 1.76. The zero-order valence-electron chi connectivity index (χ0n) is 11.6. The number of hydrogen-bond donors (Lipinski definition) is 2. The summed E-state index contributed by atoms with van der Waals surface area (Å²) in [6.45, 7) is 0.635. The van der Waals surface area contributed by atoms with E-state index in [0.717, 1.165) is 12.8 Å². The summed E-state index contributed by atoms with van der Waals surface area (Å²) in [6.07, 6.45) is 6.27. The van der Waals surface area contributed by atoms with Gasteiger partial charge in [-0.1, -0.05) is 0 Å². The summed E-state index contributed by atoms with van der Waals surface area (Å²) in [6, 6.07) is -0.206. The van der Waals surface area contributed by atoms with E-state index >= 15 is 0 Å². The predicted octanol–water partition coefficient (Wildman–Crippen LogP) is 0.219. The van der Waals surface area contributed by atoms with E-state index < -0.39 is 5.91 Å². The Hall–Kier alpha value is -2.64. The number of carbonyl (C=O) groups is 2. The van der Waals surface area contributed by atoms with Crippen LogP contribution in [0.5, 0.6) is 0 Å². The van der Waals surface area contributed by atoms with Crippen LogP contribution in [-0.2, 0) is 7.05 Å². The van der Waals surface area contributed by atoms with Crippen LogP contribution in [0.2, 0.25) is 0 Å². The number of nitrogens with zero attached hydrogens (tertiary/aromatic N) is 4. The fourth-order valence-electron chi connectivity index (χ4n) is 2.75. The average Bonchev–Trinajstić information content (AvgIpc) is 3.16. The molecule has 0 spiro atoms. The molecule has 1 aliphatic rings. The van der Waals surface area contributed by atoms with Crippen LogP contribution in [0.1, 0.15) is 45.3 Å². The zero-order valence-corrected chi connectivity index (χ0v) is 11.6. The van der Waals surface area contributed by atoms with Crippen LogP contribution < -0.4 is 5.73 Å². The maximum atomic E-state index is 12.6. The number of aryl methyl sites for hydroxylation is 1. The van der Waals surface area contributed by atoms with Crippen LogP contribution in [0.3, 0.4) is 0 Å². The van der Waals surface area contributed by atoms with Crippen molar-refractivity contribution in [2.75, 3.05) is 6.54 Å². The van der Waals surface area contributed by atoms with Gasteiger partial charge in [0.2, 0.25) is 0 Å². The summed E-state index contributed by atoms with van der Waals surface area (Å²) in [4.78, 5) is 25.7. The van der Waals surface area contributed by atoms with Crippen molar-refractivity contribution in [2.45, 2.75) is 18.9 Å². The van der Waals surface area contributed by atoms with Gasteiger partial charge in [0.1, 0.15) is 0 Å². The molecular weight excluding hydrogens is 272 g/mol. The van der Waals surface area contributed by atoms with Gasteiger partial charge in [-0.05, 0) is 12.8 Å². The van der Waals surface area contributed by atoms with E-state index in [2.05, 4.69) is 15.3 Å².